The Morgan fingerprint density at radius 3 is 2.04 bits per heavy atom. The highest BCUT2D eigenvalue weighted by atomic mass is 16.2. The first kappa shape index (κ1) is 19.7. The van der Waals surface area contributed by atoms with E-state index >= 15 is 0 Å². The molecule has 0 unspecified atom stereocenters. The number of nitrogens with one attached hydrogen (secondary N) is 1. The van der Waals surface area contributed by atoms with Gasteiger partial charge < -0.3 is 10.2 Å². The summed E-state index contributed by atoms with van der Waals surface area (Å²) in [4.78, 5) is 27.9. The minimum Gasteiger partial charge on any atom is -0.378 e. The minimum atomic E-state index is -0.281. The van der Waals surface area contributed by atoms with E-state index in [4.69, 9.17) is 0 Å². The molecule has 0 saturated carbocycles. The molecule has 0 saturated heterocycles. The molecule has 5 heteroatoms. The van der Waals surface area contributed by atoms with Gasteiger partial charge in [-0.05, 0) is 62.9 Å². The van der Waals surface area contributed by atoms with Crippen LogP contribution in [0, 0.1) is 0 Å². The van der Waals surface area contributed by atoms with Gasteiger partial charge in [-0.1, -0.05) is 12.1 Å². The van der Waals surface area contributed by atoms with E-state index in [1.54, 1.807) is 24.3 Å². The van der Waals surface area contributed by atoms with Crippen LogP contribution in [0.3, 0.4) is 0 Å². The Hall–Kier alpha value is -2.66. The largest absolute Gasteiger partial charge is 0.378 e. The summed E-state index contributed by atoms with van der Waals surface area (Å²) in [6.45, 7) is 4.09. The lowest BCUT2D eigenvalue weighted by Gasteiger charge is -2.24. The number of hydrogen-bond acceptors (Lipinski definition) is 4. The van der Waals surface area contributed by atoms with Gasteiger partial charge >= 0.3 is 0 Å². The van der Waals surface area contributed by atoms with Crippen molar-refractivity contribution in [3.8, 4) is 0 Å². The van der Waals surface area contributed by atoms with Gasteiger partial charge in [-0.25, -0.2) is 0 Å². The van der Waals surface area contributed by atoms with Crippen LogP contribution in [0.15, 0.2) is 48.5 Å². The Bertz CT molecular complexity index is 752. The van der Waals surface area contributed by atoms with Gasteiger partial charge in [0.05, 0.1) is 6.04 Å². The van der Waals surface area contributed by atoms with Crippen LogP contribution in [-0.4, -0.2) is 43.8 Å². The van der Waals surface area contributed by atoms with E-state index in [9.17, 15) is 9.59 Å². The number of carbonyl (C=O) groups is 2. The van der Waals surface area contributed by atoms with Crippen molar-refractivity contribution in [2.75, 3.05) is 31.4 Å². The Labute approximate surface area is 155 Å². The van der Waals surface area contributed by atoms with Gasteiger partial charge in [0.25, 0.3) is 0 Å². The van der Waals surface area contributed by atoms with E-state index in [1.807, 2.05) is 33.0 Å². The molecule has 1 amide bonds. The second-order valence-corrected chi connectivity index (χ2v) is 6.77. The van der Waals surface area contributed by atoms with Gasteiger partial charge in [0.1, 0.15) is 0 Å². The molecule has 0 aliphatic heterocycles. The van der Waals surface area contributed by atoms with E-state index < -0.39 is 0 Å². The summed E-state index contributed by atoms with van der Waals surface area (Å²) in [6.07, 6.45) is 0. The summed E-state index contributed by atoms with van der Waals surface area (Å²) in [5.41, 5.74) is 3.63. The number of carbonyl (C=O) groups excluding carboxylic acids is 2. The molecule has 0 aliphatic rings. The molecule has 0 fully saturated rings. The number of likely N-dealkylation sites (N-methyl/N-ethyl adjacent to an activating group) is 1. The van der Waals surface area contributed by atoms with Crippen molar-refractivity contribution in [2.45, 2.75) is 26.4 Å². The molecule has 1 N–H and O–H groups in total. The number of hydrogen-bond donors (Lipinski definition) is 1. The zero-order chi connectivity index (χ0) is 19.3. The van der Waals surface area contributed by atoms with Gasteiger partial charge in [0, 0.05) is 37.6 Å². The average molecular weight is 353 g/mol. The molecule has 0 radical (unpaired) electrons. The van der Waals surface area contributed by atoms with Crippen LogP contribution in [0.1, 0.15) is 29.8 Å². The van der Waals surface area contributed by atoms with Gasteiger partial charge in [-0.3, -0.25) is 14.5 Å². The average Bonchev–Trinajstić information content (AvgIpc) is 2.61. The second-order valence-electron chi connectivity index (χ2n) is 6.77. The molecule has 5 nitrogen and oxygen atoms in total. The van der Waals surface area contributed by atoms with Crippen LogP contribution < -0.4 is 10.2 Å². The third-order valence-corrected chi connectivity index (χ3v) is 4.48. The number of rotatable bonds is 7. The van der Waals surface area contributed by atoms with Crippen LogP contribution in [-0.2, 0) is 11.3 Å². The number of ketones is 1. The first-order valence-corrected chi connectivity index (χ1v) is 8.66. The van der Waals surface area contributed by atoms with E-state index in [0.29, 0.717) is 17.8 Å². The summed E-state index contributed by atoms with van der Waals surface area (Å²) in [5, 5.41) is 2.90. The van der Waals surface area contributed by atoms with Crippen molar-refractivity contribution in [3.63, 3.8) is 0 Å². The van der Waals surface area contributed by atoms with Crippen molar-refractivity contribution >= 4 is 23.1 Å². The van der Waals surface area contributed by atoms with Gasteiger partial charge in [-0.2, -0.15) is 0 Å². The summed E-state index contributed by atoms with van der Waals surface area (Å²) in [5.74, 6) is -0.0655. The molecule has 1 atom stereocenters. The Morgan fingerprint density at radius 2 is 1.54 bits per heavy atom. The molecule has 0 aromatic heterocycles. The van der Waals surface area contributed by atoms with Crippen molar-refractivity contribution in [1.82, 2.24) is 4.90 Å². The third-order valence-electron chi connectivity index (χ3n) is 4.48. The molecule has 2 rings (SSSR count). The maximum atomic E-state index is 12.5. The normalized spacial score (nSPS) is 11.9. The predicted molar refractivity (Wildman–Crippen MR) is 107 cm³/mol. The fourth-order valence-corrected chi connectivity index (χ4v) is 2.56. The molecule has 26 heavy (non-hydrogen) atoms. The monoisotopic (exact) mass is 353 g/mol. The third kappa shape index (κ3) is 5.17. The molecule has 0 aliphatic carbocycles. The molecule has 2 aromatic carbocycles. The SMILES string of the molecule is CC(=O)c1ccc(NC(=O)[C@H](C)N(C)Cc2ccc(N(C)C)cc2)cc1. The molecular weight excluding hydrogens is 326 g/mol. The summed E-state index contributed by atoms with van der Waals surface area (Å²) in [6, 6.07) is 15.0. The number of nitrogens with zero attached hydrogens (tertiary/aromatic N) is 2. The van der Waals surface area contributed by atoms with Crippen LogP contribution in [0.2, 0.25) is 0 Å². The maximum Gasteiger partial charge on any atom is 0.241 e. The van der Waals surface area contributed by atoms with Gasteiger partial charge in [0.2, 0.25) is 5.91 Å². The Kier molecular flexibility index (Phi) is 6.52. The van der Waals surface area contributed by atoms with E-state index in [2.05, 4.69) is 34.5 Å². The lowest BCUT2D eigenvalue weighted by Crippen LogP contribution is -2.39. The smallest absolute Gasteiger partial charge is 0.241 e. The fraction of sp³-hybridized carbons (Fsp3) is 0.333. The van der Waals surface area contributed by atoms with Crippen LogP contribution in [0.4, 0.5) is 11.4 Å². The zero-order valence-electron chi connectivity index (χ0n) is 16.1. The maximum absolute atomic E-state index is 12.5. The molecular formula is C21H27N3O2. The highest BCUT2D eigenvalue weighted by Gasteiger charge is 2.18. The lowest BCUT2D eigenvalue weighted by atomic mass is 10.1. The number of Topliss-reactive ketones (excluding diaryl/α,β-unsaturated/α-hetero) is 1. The lowest BCUT2D eigenvalue weighted by molar-refractivity contribution is -0.120. The minimum absolute atomic E-state index is 0.0104. The summed E-state index contributed by atoms with van der Waals surface area (Å²) < 4.78 is 0. The Morgan fingerprint density at radius 1 is 0.962 bits per heavy atom. The van der Waals surface area contributed by atoms with Crippen molar-refractivity contribution in [3.05, 3.63) is 59.7 Å². The van der Waals surface area contributed by atoms with Crippen molar-refractivity contribution in [1.29, 1.82) is 0 Å². The standard InChI is InChI=1S/C21H27N3O2/c1-15(21(26)22-19-10-8-18(9-11-19)16(2)25)24(5)14-17-6-12-20(13-7-17)23(3)4/h6-13,15H,14H2,1-5H3,(H,22,26)/t15-/m0/s1. The first-order valence-electron chi connectivity index (χ1n) is 8.66. The molecule has 0 heterocycles. The quantitative estimate of drug-likeness (QED) is 0.775. The highest BCUT2D eigenvalue weighted by Crippen LogP contribution is 2.15. The zero-order valence-corrected chi connectivity index (χ0v) is 16.1. The fourth-order valence-electron chi connectivity index (χ4n) is 2.56. The predicted octanol–water partition coefficient (Wildman–Crippen LogP) is 3.41. The van der Waals surface area contributed by atoms with Crippen LogP contribution in [0.25, 0.3) is 0 Å². The van der Waals surface area contributed by atoms with Crippen molar-refractivity contribution in [2.24, 2.45) is 0 Å². The van der Waals surface area contributed by atoms with Gasteiger partial charge in [-0.15, -0.1) is 0 Å². The summed E-state index contributed by atoms with van der Waals surface area (Å²) in [7, 11) is 5.95. The van der Waals surface area contributed by atoms with Crippen LogP contribution >= 0.6 is 0 Å². The topological polar surface area (TPSA) is 52.7 Å². The van der Waals surface area contributed by atoms with E-state index in [1.165, 1.54) is 6.92 Å². The summed E-state index contributed by atoms with van der Waals surface area (Å²) >= 11 is 0. The Balaban J connectivity index is 1.94. The van der Waals surface area contributed by atoms with E-state index in [0.717, 1.165) is 11.3 Å². The number of benzene rings is 2. The number of anilines is 2. The molecule has 0 bridgehead atoms. The second kappa shape index (κ2) is 8.63. The van der Waals surface area contributed by atoms with Crippen LogP contribution in [0.5, 0.6) is 0 Å². The molecule has 0 spiro atoms. The highest BCUT2D eigenvalue weighted by molar-refractivity contribution is 5.96. The first-order chi connectivity index (χ1) is 12.3. The van der Waals surface area contributed by atoms with Crippen molar-refractivity contribution < 1.29 is 9.59 Å². The molecule has 2 aromatic rings. The molecule has 138 valence electrons. The number of amides is 1. The van der Waals surface area contributed by atoms with E-state index in [-0.39, 0.29) is 17.7 Å². The van der Waals surface area contributed by atoms with Gasteiger partial charge in [0.15, 0.2) is 5.78 Å².